The molecule has 4 rings (SSSR count). The Morgan fingerprint density at radius 3 is 1.87 bits per heavy atom. The lowest BCUT2D eigenvalue weighted by atomic mass is 10.2. The molecule has 0 atom stereocenters. The molecular weight excluding hydrogens is 446 g/mol. The number of hydrogen-bond acceptors (Lipinski definition) is 4. The van der Waals surface area contributed by atoms with Gasteiger partial charge in [-0.3, -0.25) is 0 Å². The Kier molecular flexibility index (Phi) is 6.70. The maximum absolute atomic E-state index is 12.7. The molecule has 0 bridgehead atoms. The van der Waals surface area contributed by atoms with Gasteiger partial charge in [0.25, 0.3) is 10.0 Å². The van der Waals surface area contributed by atoms with Crippen molar-refractivity contribution in [1.29, 1.82) is 0 Å². The van der Waals surface area contributed by atoms with E-state index in [9.17, 15) is 8.42 Å². The van der Waals surface area contributed by atoms with E-state index in [-0.39, 0.29) is 5.08 Å². The molecular formula is C23H21N3O2S3. The molecule has 31 heavy (non-hydrogen) atoms. The van der Waals surface area contributed by atoms with E-state index >= 15 is 0 Å². The van der Waals surface area contributed by atoms with E-state index < -0.39 is 10.0 Å². The summed E-state index contributed by atoms with van der Waals surface area (Å²) in [6, 6.07) is 29.0. The van der Waals surface area contributed by atoms with E-state index in [1.807, 2.05) is 71.6 Å². The molecule has 0 aliphatic carbocycles. The number of hydrogen-bond donors (Lipinski definition) is 0. The molecule has 1 aliphatic heterocycles. The van der Waals surface area contributed by atoms with Gasteiger partial charge < -0.3 is 4.90 Å². The first kappa shape index (κ1) is 21.5. The standard InChI is InChI=1S/C23H21N3O2S3/c27-31(28)18-30-23(26(31)21-14-8-3-9-15-21)24-22(29)25(16-19-10-4-1-5-11-19)17-20-12-6-2-7-13-20/h1-15H,16-18H2/b24-23+. The van der Waals surface area contributed by atoms with Crippen molar-refractivity contribution in [1.82, 2.24) is 4.90 Å². The van der Waals surface area contributed by atoms with Crippen LogP contribution in [0.2, 0.25) is 0 Å². The highest BCUT2D eigenvalue weighted by Gasteiger charge is 2.36. The molecule has 0 unspecified atom stereocenters. The monoisotopic (exact) mass is 467 g/mol. The topological polar surface area (TPSA) is 53.0 Å². The maximum atomic E-state index is 12.7. The van der Waals surface area contributed by atoms with E-state index in [1.54, 1.807) is 24.3 Å². The molecule has 5 nitrogen and oxygen atoms in total. The summed E-state index contributed by atoms with van der Waals surface area (Å²) in [5.74, 6) is 0. The van der Waals surface area contributed by atoms with E-state index in [2.05, 4.69) is 4.99 Å². The van der Waals surface area contributed by atoms with Gasteiger partial charge >= 0.3 is 0 Å². The maximum Gasteiger partial charge on any atom is 0.250 e. The highest BCUT2D eigenvalue weighted by atomic mass is 32.3. The average molecular weight is 468 g/mol. The van der Waals surface area contributed by atoms with Crippen LogP contribution in [-0.2, 0) is 23.1 Å². The van der Waals surface area contributed by atoms with Gasteiger partial charge in [0.1, 0.15) is 5.08 Å². The highest BCUT2D eigenvalue weighted by molar-refractivity contribution is 8.27. The summed E-state index contributed by atoms with van der Waals surface area (Å²) in [7, 11) is -3.49. The summed E-state index contributed by atoms with van der Waals surface area (Å²) < 4.78 is 26.6. The number of sulfonamides is 1. The van der Waals surface area contributed by atoms with Crippen molar-refractivity contribution in [3.63, 3.8) is 0 Å². The molecule has 0 saturated carbocycles. The van der Waals surface area contributed by atoms with Crippen molar-refractivity contribution in [3.8, 4) is 0 Å². The molecule has 0 amide bonds. The third kappa shape index (κ3) is 5.33. The molecule has 158 valence electrons. The van der Waals surface area contributed by atoms with Crippen molar-refractivity contribution < 1.29 is 8.42 Å². The van der Waals surface area contributed by atoms with Crippen molar-refractivity contribution >= 4 is 50.0 Å². The lowest BCUT2D eigenvalue weighted by molar-refractivity contribution is 0.410. The zero-order valence-electron chi connectivity index (χ0n) is 16.7. The number of para-hydroxylation sites is 1. The Hall–Kier alpha value is -2.68. The molecule has 1 saturated heterocycles. The van der Waals surface area contributed by atoms with Crippen LogP contribution in [0.1, 0.15) is 11.1 Å². The van der Waals surface area contributed by atoms with Crippen LogP contribution in [0.25, 0.3) is 0 Å². The third-order valence-corrected chi connectivity index (χ3v) is 8.27. The molecule has 0 aromatic heterocycles. The van der Waals surface area contributed by atoms with Gasteiger partial charge in [0.15, 0.2) is 10.3 Å². The Balaban J connectivity index is 1.64. The number of thioether (sulfide) groups is 1. The van der Waals surface area contributed by atoms with Gasteiger partial charge in [-0.1, -0.05) is 90.6 Å². The average Bonchev–Trinajstić information content (AvgIpc) is 3.09. The van der Waals surface area contributed by atoms with Gasteiger partial charge in [-0.15, -0.1) is 0 Å². The molecule has 0 spiro atoms. The van der Waals surface area contributed by atoms with Crippen LogP contribution < -0.4 is 4.31 Å². The first-order valence-electron chi connectivity index (χ1n) is 9.69. The van der Waals surface area contributed by atoms with Crippen LogP contribution >= 0.6 is 24.0 Å². The molecule has 1 aliphatic rings. The molecule has 3 aromatic carbocycles. The lowest BCUT2D eigenvalue weighted by Crippen LogP contribution is -2.32. The van der Waals surface area contributed by atoms with Gasteiger partial charge in [0.2, 0.25) is 0 Å². The summed E-state index contributed by atoms with van der Waals surface area (Å²) in [5.41, 5.74) is 2.77. The van der Waals surface area contributed by atoms with E-state index in [0.29, 0.717) is 29.1 Å². The zero-order valence-corrected chi connectivity index (χ0v) is 19.1. The van der Waals surface area contributed by atoms with E-state index in [4.69, 9.17) is 12.2 Å². The van der Waals surface area contributed by atoms with Gasteiger partial charge in [0.05, 0.1) is 5.69 Å². The second-order valence-corrected chi connectivity index (χ2v) is 10.5. The highest BCUT2D eigenvalue weighted by Crippen LogP contribution is 2.31. The van der Waals surface area contributed by atoms with Crippen molar-refractivity contribution in [2.45, 2.75) is 13.1 Å². The minimum Gasteiger partial charge on any atom is -0.339 e. The first-order chi connectivity index (χ1) is 15.0. The number of aliphatic imine (C=N–C) groups is 1. The normalized spacial score (nSPS) is 16.4. The smallest absolute Gasteiger partial charge is 0.250 e. The Bertz CT molecular complexity index is 1130. The minimum absolute atomic E-state index is 0.0548. The minimum atomic E-state index is -3.49. The van der Waals surface area contributed by atoms with Crippen LogP contribution in [0.5, 0.6) is 0 Å². The Morgan fingerprint density at radius 1 is 0.871 bits per heavy atom. The predicted octanol–water partition coefficient (Wildman–Crippen LogP) is 4.87. The molecule has 1 heterocycles. The van der Waals surface area contributed by atoms with Gasteiger partial charge in [-0.2, -0.15) is 4.99 Å². The summed E-state index contributed by atoms with van der Waals surface area (Å²) in [5, 5.41) is 0.677. The summed E-state index contributed by atoms with van der Waals surface area (Å²) in [6.45, 7) is 1.15. The van der Waals surface area contributed by atoms with Gasteiger partial charge in [-0.05, 0) is 35.5 Å². The number of thiocarbonyl (C=S) groups is 1. The fraction of sp³-hybridized carbons (Fsp3) is 0.130. The predicted molar refractivity (Wildman–Crippen MR) is 132 cm³/mol. The number of benzene rings is 3. The SMILES string of the molecule is O=S1(=O)CS/C(=N/C(=S)N(Cc2ccccc2)Cc2ccccc2)N1c1ccccc1. The Labute approximate surface area is 192 Å². The summed E-state index contributed by atoms with van der Waals surface area (Å²) in [6.07, 6.45) is 0. The number of rotatable bonds is 5. The van der Waals surface area contributed by atoms with Gasteiger partial charge in [0, 0.05) is 13.1 Å². The van der Waals surface area contributed by atoms with Crippen LogP contribution in [0, 0.1) is 0 Å². The third-order valence-electron chi connectivity index (χ3n) is 4.67. The zero-order chi connectivity index (χ0) is 21.7. The number of amidine groups is 1. The molecule has 0 radical (unpaired) electrons. The first-order valence-corrected chi connectivity index (χ1v) is 12.7. The van der Waals surface area contributed by atoms with Crippen LogP contribution in [0.4, 0.5) is 5.69 Å². The van der Waals surface area contributed by atoms with E-state index in [1.165, 1.54) is 16.1 Å². The fourth-order valence-electron chi connectivity index (χ4n) is 3.22. The second-order valence-electron chi connectivity index (χ2n) is 6.98. The molecule has 3 aromatic rings. The molecule has 1 fully saturated rings. The lowest BCUT2D eigenvalue weighted by Gasteiger charge is -2.24. The van der Waals surface area contributed by atoms with Crippen molar-refractivity contribution in [2.75, 3.05) is 9.39 Å². The van der Waals surface area contributed by atoms with Crippen LogP contribution in [0.3, 0.4) is 0 Å². The molecule has 8 heteroatoms. The Morgan fingerprint density at radius 2 is 1.35 bits per heavy atom. The number of anilines is 1. The van der Waals surface area contributed by atoms with Gasteiger partial charge in [-0.25, -0.2) is 12.7 Å². The van der Waals surface area contributed by atoms with Crippen molar-refractivity contribution in [2.24, 2.45) is 4.99 Å². The summed E-state index contributed by atoms with van der Waals surface area (Å²) >= 11 is 6.88. The second kappa shape index (κ2) is 9.64. The van der Waals surface area contributed by atoms with Crippen molar-refractivity contribution in [3.05, 3.63) is 102 Å². The summed E-state index contributed by atoms with van der Waals surface area (Å²) in [4.78, 5) is 6.59. The number of nitrogens with zero attached hydrogens (tertiary/aromatic N) is 3. The van der Waals surface area contributed by atoms with E-state index in [0.717, 1.165) is 11.1 Å². The quantitative estimate of drug-likeness (QED) is 0.501. The fourth-order valence-corrected chi connectivity index (χ4v) is 6.53. The largest absolute Gasteiger partial charge is 0.339 e. The molecule has 0 N–H and O–H groups in total. The van der Waals surface area contributed by atoms with Crippen LogP contribution in [-0.4, -0.2) is 28.7 Å². The van der Waals surface area contributed by atoms with Crippen LogP contribution in [0.15, 0.2) is 96.0 Å².